The van der Waals surface area contributed by atoms with Crippen LogP contribution in [0.5, 0.6) is 0 Å². The fraction of sp³-hybridized carbons (Fsp3) is 0.520. The van der Waals surface area contributed by atoms with Gasteiger partial charge in [-0.05, 0) is 52.7 Å². The molecule has 31 heavy (non-hydrogen) atoms. The van der Waals surface area contributed by atoms with E-state index in [0.717, 1.165) is 0 Å². The molecule has 0 N–H and O–H groups in total. The first-order valence-corrected chi connectivity index (χ1v) is 10.5. The molecule has 168 valence electrons. The minimum atomic E-state index is -0.568. The SMILES string of the molecule is CC(C)(C)OC(=O)CC1=CC=C(CC2=CC=C(CC(=O)OC(C)(C)C)CC2=O)C(=O)C1. The Kier molecular flexibility index (Phi) is 7.58. The maximum absolute atomic E-state index is 12.5. The first kappa shape index (κ1) is 24.5. The van der Waals surface area contributed by atoms with Gasteiger partial charge in [0.1, 0.15) is 11.2 Å². The molecule has 0 fully saturated rings. The Bertz CT molecular complexity index is 823. The number of hydrogen-bond donors (Lipinski definition) is 0. The van der Waals surface area contributed by atoms with Gasteiger partial charge in [0.25, 0.3) is 0 Å². The van der Waals surface area contributed by atoms with Crippen LogP contribution in [0.2, 0.25) is 0 Å². The van der Waals surface area contributed by atoms with E-state index in [2.05, 4.69) is 0 Å². The highest BCUT2D eigenvalue weighted by atomic mass is 16.6. The molecule has 0 aromatic rings. The van der Waals surface area contributed by atoms with E-state index in [4.69, 9.17) is 9.47 Å². The molecular formula is C25H32O6. The molecular weight excluding hydrogens is 396 g/mol. The van der Waals surface area contributed by atoms with Crippen LogP contribution in [0.1, 0.15) is 73.6 Å². The minimum absolute atomic E-state index is 0.0746. The largest absolute Gasteiger partial charge is 0.460 e. The third kappa shape index (κ3) is 8.48. The van der Waals surface area contributed by atoms with E-state index in [1.165, 1.54) is 0 Å². The number of carbonyl (C=O) groups excluding carboxylic acids is 4. The van der Waals surface area contributed by atoms with E-state index in [9.17, 15) is 19.2 Å². The van der Waals surface area contributed by atoms with Crippen LogP contribution >= 0.6 is 0 Å². The normalized spacial score (nSPS) is 17.4. The first-order valence-electron chi connectivity index (χ1n) is 10.5. The van der Waals surface area contributed by atoms with Gasteiger partial charge in [-0.15, -0.1) is 0 Å². The lowest BCUT2D eigenvalue weighted by atomic mass is 9.86. The maximum Gasteiger partial charge on any atom is 0.310 e. The van der Waals surface area contributed by atoms with E-state index in [1.807, 2.05) is 0 Å². The Morgan fingerprint density at radius 3 is 1.35 bits per heavy atom. The molecule has 0 spiro atoms. The van der Waals surface area contributed by atoms with Crippen LogP contribution in [0.15, 0.2) is 46.6 Å². The van der Waals surface area contributed by atoms with Crippen molar-refractivity contribution in [2.45, 2.75) is 84.8 Å². The number of rotatable bonds is 6. The molecule has 0 radical (unpaired) electrons. The second-order valence-corrected chi connectivity index (χ2v) is 9.94. The molecule has 0 unspecified atom stereocenters. The van der Waals surface area contributed by atoms with Gasteiger partial charge in [-0.3, -0.25) is 19.2 Å². The minimum Gasteiger partial charge on any atom is -0.460 e. The monoisotopic (exact) mass is 428 g/mol. The van der Waals surface area contributed by atoms with E-state index in [0.29, 0.717) is 22.3 Å². The van der Waals surface area contributed by atoms with Crippen LogP contribution in [0.4, 0.5) is 0 Å². The summed E-state index contributed by atoms with van der Waals surface area (Å²) >= 11 is 0. The summed E-state index contributed by atoms with van der Waals surface area (Å²) in [6.07, 6.45) is 7.56. The van der Waals surface area contributed by atoms with Crippen LogP contribution in [-0.2, 0) is 28.7 Å². The smallest absolute Gasteiger partial charge is 0.310 e. The second-order valence-electron chi connectivity index (χ2n) is 9.94. The van der Waals surface area contributed by atoms with Gasteiger partial charge in [-0.2, -0.15) is 0 Å². The van der Waals surface area contributed by atoms with Crippen LogP contribution in [-0.4, -0.2) is 34.7 Å². The van der Waals surface area contributed by atoms with Gasteiger partial charge in [0.15, 0.2) is 11.6 Å². The van der Waals surface area contributed by atoms with Gasteiger partial charge >= 0.3 is 11.9 Å². The molecule has 0 heterocycles. The Balaban J connectivity index is 2.00. The number of esters is 2. The standard InChI is InChI=1S/C25H32O6/c1-24(2,3)30-22(28)13-16-7-9-18(20(26)11-16)15-19-10-8-17(12-21(19)27)14-23(29)31-25(4,5)6/h7-10H,11-15H2,1-6H3. The topological polar surface area (TPSA) is 86.7 Å². The molecule has 0 atom stereocenters. The molecule has 0 aromatic heterocycles. The summed E-state index contributed by atoms with van der Waals surface area (Å²) in [6.45, 7) is 10.8. The van der Waals surface area contributed by atoms with Gasteiger partial charge < -0.3 is 9.47 Å². The molecule has 2 rings (SSSR count). The Hall–Kier alpha value is -2.76. The fourth-order valence-electron chi connectivity index (χ4n) is 3.27. The Morgan fingerprint density at radius 2 is 1.06 bits per heavy atom. The zero-order chi connectivity index (χ0) is 23.4. The molecule has 6 heteroatoms. The lowest BCUT2D eigenvalue weighted by molar-refractivity contribution is -0.155. The summed E-state index contributed by atoms with van der Waals surface area (Å²) in [6, 6.07) is 0. The highest BCUT2D eigenvalue weighted by Gasteiger charge is 2.25. The van der Waals surface area contributed by atoms with Crippen molar-refractivity contribution < 1.29 is 28.7 Å². The highest BCUT2D eigenvalue weighted by molar-refractivity contribution is 6.04. The lowest BCUT2D eigenvalue weighted by Crippen LogP contribution is -2.24. The predicted octanol–water partition coefficient (Wildman–Crippen LogP) is 4.49. The van der Waals surface area contributed by atoms with E-state index in [1.54, 1.807) is 65.8 Å². The fourth-order valence-corrected chi connectivity index (χ4v) is 3.27. The first-order chi connectivity index (χ1) is 14.2. The summed E-state index contributed by atoms with van der Waals surface area (Å²) in [7, 11) is 0. The van der Waals surface area contributed by atoms with Crippen molar-refractivity contribution in [1.29, 1.82) is 0 Å². The van der Waals surface area contributed by atoms with Crippen molar-refractivity contribution in [2.24, 2.45) is 0 Å². The van der Waals surface area contributed by atoms with Gasteiger partial charge in [-0.25, -0.2) is 0 Å². The molecule has 2 aliphatic rings. The molecule has 0 aromatic carbocycles. The molecule has 2 aliphatic carbocycles. The zero-order valence-corrected chi connectivity index (χ0v) is 19.3. The van der Waals surface area contributed by atoms with Crippen molar-refractivity contribution >= 4 is 23.5 Å². The number of Topliss-reactive ketones (excluding diaryl/α,β-unsaturated/α-hetero) is 2. The van der Waals surface area contributed by atoms with Gasteiger partial charge in [0.2, 0.25) is 0 Å². The Labute approximate surface area is 184 Å². The average molecular weight is 429 g/mol. The molecule has 0 bridgehead atoms. The van der Waals surface area contributed by atoms with E-state index in [-0.39, 0.29) is 55.6 Å². The van der Waals surface area contributed by atoms with Crippen molar-refractivity contribution in [1.82, 2.24) is 0 Å². The predicted molar refractivity (Wildman–Crippen MR) is 117 cm³/mol. The molecule has 0 saturated carbocycles. The molecule has 0 saturated heterocycles. The van der Waals surface area contributed by atoms with E-state index < -0.39 is 11.2 Å². The third-order valence-electron chi connectivity index (χ3n) is 4.50. The van der Waals surface area contributed by atoms with E-state index >= 15 is 0 Å². The van der Waals surface area contributed by atoms with Gasteiger partial charge in [-0.1, -0.05) is 35.5 Å². The number of allylic oxidation sites excluding steroid dienone is 6. The molecule has 0 amide bonds. The number of hydrogen-bond acceptors (Lipinski definition) is 6. The summed E-state index contributed by atoms with van der Waals surface area (Å²) < 4.78 is 10.6. The van der Waals surface area contributed by atoms with Crippen LogP contribution in [0, 0.1) is 0 Å². The average Bonchev–Trinajstić information content (AvgIpc) is 2.55. The quantitative estimate of drug-likeness (QED) is 0.579. The second kappa shape index (κ2) is 9.58. The van der Waals surface area contributed by atoms with Gasteiger partial charge in [0, 0.05) is 19.3 Å². The summed E-state index contributed by atoms with van der Waals surface area (Å²) in [5.74, 6) is -0.927. The molecule has 6 nitrogen and oxygen atoms in total. The van der Waals surface area contributed by atoms with Crippen molar-refractivity contribution in [3.05, 3.63) is 46.6 Å². The van der Waals surface area contributed by atoms with Crippen LogP contribution in [0.3, 0.4) is 0 Å². The summed E-state index contributed by atoms with van der Waals surface area (Å²) in [5.41, 5.74) is 1.34. The van der Waals surface area contributed by atoms with Crippen molar-refractivity contribution in [3.63, 3.8) is 0 Å². The third-order valence-corrected chi connectivity index (χ3v) is 4.50. The highest BCUT2D eigenvalue weighted by Crippen LogP contribution is 2.27. The van der Waals surface area contributed by atoms with Crippen molar-refractivity contribution in [2.75, 3.05) is 0 Å². The Morgan fingerprint density at radius 1 is 0.710 bits per heavy atom. The summed E-state index contributed by atoms with van der Waals surface area (Å²) in [5, 5.41) is 0. The molecule has 0 aliphatic heterocycles. The maximum atomic E-state index is 12.5. The van der Waals surface area contributed by atoms with Crippen molar-refractivity contribution in [3.8, 4) is 0 Å². The van der Waals surface area contributed by atoms with Crippen LogP contribution in [0.25, 0.3) is 0 Å². The number of ketones is 2. The zero-order valence-electron chi connectivity index (χ0n) is 19.3. The van der Waals surface area contributed by atoms with Gasteiger partial charge in [0.05, 0.1) is 12.8 Å². The summed E-state index contributed by atoms with van der Waals surface area (Å²) in [4.78, 5) is 49.0. The number of carbonyl (C=O) groups is 4. The number of ether oxygens (including phenoxy) is 2. The van der Waals surface area contributed by atoms with Crippen LogP contribution < -0.4 is 0 Å². The lowest BCUT2D eigenvalue weighted by Gasteiger charge is -2.21.